The predicted molar refractivity (Wildman–Crippen MR) is 103 cm³/mol. The molecule has 7 nitrogen and oxygen atoms in total. The molecule has 1 N–H and O–H groups in total. The van der Waals surface area contributed by atoms with Gasteiger partial charge in [0.05, 0.1) is 29.1 Å². The van der Waals surface area contributed by atoms with Gasteiger partial charge < -0.3 is 10.2 Å². The number of amides is 1. The summed E-state index contributed by atoms with van der Waals surface area (Å²) in [4.78, 5) is 43.6. The average Bonchev–Trinajstić information content (AvgIpc) is 2.78. The maximum atomic E-state index is 12.9. The van der Waals surface area contributed by atoms with Crippen molar-refractivity contribution < 1.29 is 40.8 Å². The van der Waals surface area contributed by atoms with E-state index in [1.807, 2.05) is 0 Å². The van der Waals surface area contributed by atoms with Crippen LogP contribution >= 0.6 is 0 Å². The minimum atomic E-state index is -5.38. The molecule has 178 valence electrons. The van der Waals surface area contributed by atoms with E-state index in [-0.39, 0.29) is 21.6 Å². The molecule has 34 heavy (non-hydrogen) atoms. The van der Waals surface area contributed by atoms with Crippen LogP contribution in [-0.2, 0) is 11.0 Å². The maximum Gasteiger partial charge on any atom is 0.493 e. The predicted octanol–water partition coefficient (Wildman–Crippen LogP) is 3.30. The summed E-state index contributed by atoms with van der Waals surface area (Å²) in [5, 5.41) is 2.49. The van der Waals surface area contributed by atoms with Crippen LogP contribution in [0.4, 0.5) is 26.3 Å². The van der Waals surface area contributed by atoms with Crippen molar-refractivity contribution in [2.75, 3.05) is 0 Å². The largest absolute Gasteiger partial charge is 0.493 e. The van der Waals surface area contributed by atoms with Crippen molar-refractivity contribution in [1.29, 1.82) is 0 Å². The summed E-state index contributed by atoms with van der Waals surface area (Å²) >= 11 is 0. The van der Waals surface area contributed by atoms with E-state index in [0.29, 0.717) is 12.3 Å². The second kappa shape index (κ2) is 9.37. The maximum absolute atomic E-state index is 12.9. The Morgan fingerprint density at radius 2 is 1.62 bits per heavy atom. The molecule has 0 spiro atoms. The first-order valence-electron chi connectivity index (χ1n) is 9.27. The highest BCUT2D eigenvalue weighted by atomic mass is 19.4. The van der Waals surface area contributed by atoms with Gasteiger partial charge in [0.2, 0.25) is 0 Å². The van der Waals surface area contributed by atoms with Crippen LogP contribution in [0.5, 0.6) is 0 Å². The third kappa shape index (κ3) is 5.79. The summed E-state index contributed by atoms with van der Waals surface area (Å²) in [6.07, 6.45) is -8.01. The van der Waals surface area contributed by atoms with Gasteiger partial charge in [-0.1, -0.05) is 18.2 Å². The van der Waals surface area contributed by atoms with Gasteiger partial charge in [-0.15, -0.1) is 4.73 Å². The van der Waals surface area contributed by atoms with E-state index in [1.54, 1.807) is 12.1 Å². The molecule has 2 heterocycles. The van der Waals surface area contributed by atoms with Crippen molar-refractivity contribution in [1.82, 2.24) is 15.0 Å². The molecule has 1 unspecified atom stereocenters. The van der Waals surface area contributed by atoms with Gasteiger partial charge in [0.1, 0.15) is 0 Å². The standard InChI is InChI=1S/C21H13F6N3O4/c22-20(23,24)14-7-4-12(5-8-14)17(15-3-1-2-10-28-15)29-18(32)13-6-9-16(31)30(11-13)34-19(33)21(25,26)27/h1-11,17H,(H,29,32). The van der Waals surface area contributed by atoms with Gasteiger partial charge in [0.25, 0.3) is 11.5 Å². The zero-order valence-electron chi connectivity index (χ0n) is 16.7. The van der Waals surface area contributed by atoms with E-state index in [4.69, 9.17) is 0 Å². The van der Waals surface area contributed by atoms with Crippen molar-refractivity contribution in [3.05, 3.63) is 99.7 Å². The quantitative estimate of drug-likeness (QED) is 0.561. The van der Waals surface area contributed by atoms with Crippen molar-refractivity contribution in [3.8, 4) is 0 Å². The Labute approximate surface area is 186 Å². The lowest BCUT2D eigenvalue weighted by molar-refractivity contribution is -0.200. The molecule has 13 heteroatoms. The Morgan fingerprint density at radius 3 is 2.18 bits per heavy atom. The molecule has 1 amide bonds. The van der Waals surface area contributed by atoms with Crippen LogP contribution in [0.15, 0.2) is 71.8 Å². The van der Waals surface area contributed by atoms with E-state index in [2.05, 4.69) is 15.1 Å². The molecule has 2 aromatic heterocycles. The number of carbonyl (C=O) groups excluding carboxylic acids is 2. The third-order valence-corrected chi connectivity index (χ3v) is 4.38. The Hall–Kier alpha value is -4.16. The topological polar surface area (TPSA) is 90.3 Å². The lowest BCUT2D eigenvalue weighted by Crippen LogP contribution is -2.39. The Kier molecular flexibility index (Phi) is 6.75. The van der Waals surface area contributed by atoms with E-state index < -0.39 is 41.4 Å². The number of rotatable bonds is 5. The molecule has 0 fully saturated rings. The summed E-state index contributed by atoms with van der Waals surface area (Å²) < 4.78 is 75.9. The number of nitrogens with zero attached hydrogens (tertiary/aromatic N) is 2. The van der Waals surface area contributed by atoms with Crippen molar-refractivity contribution in [2.24, 2.45) is 0 Å². The normalized spacial score (nSPS) is 12.6. The Balaban J connectivity index is 1.92. The zero-order valence-corrected chi connectivity index (χ0v) is 16.7. The number of benzene rings is 1. The van der Waals surface area contributed by atoms with Crippen LogP contribution in [0.2, 0.25) is 0 Å². The number of aromatic nitrogens is 2. The monoisotopic (exact) mass is 485 g/mol. The molecule has 1 aromatic carbocycles. The minimum absolute atomic E-state index is 0.0569. The highest BCUT2D eigenvalue weighted by molar-refractivity contribution is 5.94. The second-order valence-corrected chi connectivity index (χ2v) is 6.74. The highest BCUT2D eigenvalue weighted by Crippen LogP contribution is 2.31. The number of hydrogen-bond acceptors (Lipinski definition) is 5. The molecule has 0 saturated carbocycles. The number of pyridine rings is 2. The Bertz CT molecular complexity index is 1240. The average molecular weight is 485 g/mol. The molecule has 0 aliphatic rings. The van der Waals surface area contributed by atoms with Gasteiger partial charge in [-0.3, -0.25) is 14.6 Å². The molecule has 3 aromatic rings. The molecule has 1 atom stereocenters. The van der Waals surface area contributed by atoms with Gasteiger partial charge >= 0.3 is 18.3 Å². The van der Waals surface area contributed by atoms with Crippen LogP contribution in [0.25, 0.3) is 0 Å². The molecule has 3 rings (SSSR count). The lowest BCUT2D eigenvalue weighted by atomic mass is 10.0. The number of alkyl halides is 6. The fourth-order valence-corrected chi connectivity index (χ4v) is 2.77. The molecule has 0 saturated heterocycles. The fraction of sp³-hybridized carbons (Fsp3) is 0.143. The summed E-state index contributed by atoms with van der Waals surface area (Å²) in [6.45, 7) is 0. The second-order valence-electron chi connectivity index (χ2n) is 6.74. The van der Waals surface area contributed by atoms with E-state index in [9.17, 15) is 40.7 Å². The first kappa shape index (κ1) is 24.5. The zero-order chi connectivity index (χ0) is 25.1. The summed E-state index contributed by atoms with van der Waals surface area (Å²) in [6, 6.07) is 9.14. The van der Waals surface area contributed by atoms with Gasteiger partial charge in [-0.05, 0) is 35.9 Å². The number of carbonyl (C=O) groups is 2. The smallest absolute Gasteiger partial charge is 0.339 e. The molecular formula is C21H13F6N3O4. The molecule has 0 bridgehead atoms. The first-order valence-corrected chi connectivity index (χ1v) is 9.27. The van der Waals surface area contributed by atoms with Crippen LogP contribution in [-0.4, -0.2) is 27.8 Å². The summed E-state index contributed by atoms with van der Waals surface area (Å²) in [5.41, 5.74) is -1.98. The molecule has 0 radical (unpaired) electrons. The van der Waals surface area contributed by atoms with Gasteiger partial charge in [0.15, 0.2) is 0 Å². The number of halogens is 6. The van der Waals surface area contributed by atoms with Gasteiger partial charge in [0, 0.05) is 12.3 Å². The van der Waals surface area contributed by atoms with Crippen molar-refractivity contribution in [3.63, 3.8) is 0 Å². The van der Waals surface area contributed by atoms with E-state index >= 15 is 0 Å². The molecule has 0 aliphatic heterocycles. The molecular weight excluding hydrogens is 472 g/mol. The SMILES string of the molecule is O=C(NC(c1ccc(C(F)(F)F)cc1)c1ccccn1)c1ccc(=O)n(OC(=O)C(F)(F)F)c1. The van der Waals surface area contributed by atoms with Crippen LogP contribution < -0.4 is 15.7 Å². The van der Waals surface area contributed by atoms with Crippen molar-refractivity contribution >= 4 is 11.9 Å². The van der Waals surface area contributed by atoms with Crippen LogP contribution in [0.3, 0.4) is 0 Å². The lowest BCUT2D eigenvalue weighted by Gasteiger charge is -2.20. The van der Waals surface area contributed by atoms with Gasteiger partial charge in [-0.25, -0.2) is 4.79 Å². The summed E-state index contributed by atoms with van der Waals surface area (Å²) in [7, 11) is 0. The van der Waals surface area contributed by atoms with Gasteiger partial charge in [-0.2, -0.15) is 26.3 Å². The Morgan fingerprint density at radius 1 is 0.941 bits per heavy atom. The summed E-state index contributed by atoms with van der Waals surface area (Å²) in [5.74, 6) is -3.62. The first-order chi connectivity index (χ1) is 15.9. The number of hydrogen-bond donors (Lipinski definition) is 1. The van der Waals surface area contributed by atoms with Crippen LogP contribution in [0, 0.1) is 0 Å². The minimum Gasteiger partial charge on any atom is -0.339 e. The highest BCUT2D eigenvalue weighted by Gasteiger charge is 2.42. The third-order valence-electron chi connectivity index (χ3n) is 4.38. The fourth-order valence-electron chi connectivity index (χ4n) is 2.77. The number of nitrogens with one attached hydrogen (secondary N) is 1. The van der Waals surface area contributed by atoms with Crippen molar-refractivity contribution in [2.45, 2.75) is 18.4 Å². The van der Waals surface area contributed by atoms with E-state index in [1.165, 1.54) is 12.3 Å². The van der Waals surface area contributed by atoms with E-state index in [0.717, 1.165) is 30.3 Å². The van der Waals surface area contributed by atoms with Crippen LogP contribution in [0.1, 0.15) is 33.2 Å². The molecule has 0 aliphatic carbocycles.